The summed E-state index contributed by atoms with van der Waals surface area (Å²) in [5.41, 5.74) is -0.00477. The van der Waals surface area contributed by atoms with Gasteiger partial charge >= 0.3 is 5.97 Å². The van der Waals surface area contributed by atoms with Gasteiger partial charge in [0.1, 0.15) is 6.04 Å². The zero-order chi connectivity index (χ0) is 21.0. The molecule has 0 saturated carbocycles. The van der Waals surface area contributed by atoms with Crippen molar-refractivity contribution in [2.45, 2.75) is 23.8 Å². The average Bonchev–Trinajstić information content (AvgIpc) is 3.23. The van der Waals surface area contributed by atoms with Crippen LogP contribution in [0.1, 0.15) is 23.2 Å². The number of hydrogen-bond acceptors (Lipinski definition) is 7. The summed E-state index contributed by atoms with van der Waals surface area (Å²) in [6.07, 6.45) is 0.804. The van der Waals surface area contributed by atoms with Gasteiger partial charge in [-0.15, -0.1) is 0 Å². The van der Waals surface area contributed by atoms with Crippen LogP contribution in [0.3, 0.4) is 0 Å². The number of sulfonamides is 1. The molecular formula is C19H18N2O7S. The molecule has 1 atom stereocenters. The normalized spacial score (nSPS) is 17.0. The molecule has 0 N–H and O–H groups in total. The molecule has 2 aromatic rings. The molecule has 1 unspecified atom stereocenters. The summed E-state index contributed by atoms with van der Waals surface area (Å²) < 4.78 is 31.7. The maximum absolute atomic E-state index is 12.8. The smallest absolute Gasteiger partial charge is 0.324 e. The van der Waals surface area contributed by atoms with Crippen LogP contribution in [0.15, 0.2) is 59.5 Å². The van der Waals surface area contributed by atoms with Crippen LogP contribution in [0.2, 0.25) is 0 Å². The fourth-order valence-corrected chi connectivity index (χ4v) is 4.74. The third kappa shape index (κ3) is 4.49. The molecule has 1 saturated heterocycles. The van der Waals surface area contributed by atoms with Crippen LogP contribution in [0.25, 0.3) is 0 Å². The first kappa shape index (κ1) is 20.6. The van der Waals surface area contributed by atoms with Gasteiger partial charge in [0.15, 0.2) is 12.4 Å². The monoisotopic (exact) mass is 418 g/mol. The van der Waals surface area contributed by atoms with Crippen molar-refractivity contribution in [1.29, 1.82) is 0 Å². The van der Waals surface area contributed by atoms with Crippen molar-refractivity contribution in [3.8, 4) is 0 Å². The fraction of sp³-hybridized carbons (Fsp3) is 0.263. The molecule has 0 bridgehead atoms. The molecule has 0 aromatic heterocycles. The van der Waals surface area contributed by atoms with Crippen molar-refractivity contribution >= 4 is 27.5 Å². The van der Waals surface area contributed by atoms with Gasteiger partial charge in [0, 0.05) is 24.2 Å². The SMILES string of the molecule is O=C(COC(=O)C1CCCN1S(=O)(=O)c1ccccc1)c1ccc([N+](=O)[O-])cc1. The van der Waals surface area contributed by atoms with Crippen LogP contribution < -0.4 is 0 Å². The van der Waals surface area contributed by atoms with E-state index in [1.165, 1.54) is 36.4 Å². The van der Waals surface area contributed by atoms with Gasteiger partial charge in [-0.2, -0.15) is 4.31 Å². The minimum Gasteiger partial charge on any atom is -0.456 e. The van der Waals surface area contributed by atoms with Crippen molar-refractivity contribution in [2.75, 3.05) is 13.2 Å². The van der Waals surface area contributed by atoms with Crippen LogP contribution in [0, 0.1) is 10.1 Å². The van der Waals surface area contributed by atoms with E-state index in [1.54, 1.807) is 18.2 Å². The Labute approximate surface area is 167 Å². The topological polar surface area (TPSA) is 124 Å². The molecule has 2 aromatic carbocycles. The van der Waals surface area contributed by atoms with Crippen LogP contribution in [0.5, 0.6) is 0 Å². The van der Waals surface area contributed by atoms with E-state index < -0.39 is 39.3 Å². The lowest BCUT2D eigenvalue weighted by atomic mass is 10.1. The average molecular weight is 418 g/mol. The lowest BCUT2D eigenvalue weighted by Crippen LogP contribution is -2.41. The molecule has 29 heavy (non-hydrogen) atoms. The van der Waals surface area contributed by atoms with Gasteiger partial charge < -0.3 is 4.74 Å². The Balaban J connectivity index is 1.65. The van der Waals surface area contributed by atoms with Crippen molar-refractivity contribution in [2.24, 2.45) is 0 Å². The first-order valence-electron chi connectivity index (χ1n) is 8.82. The van der Waals surface area contributed by atoms with Crippen molar-refractivity contribution < 1.29 is 27.7 Å². The summed E-state index contributed by atoms with van der Waals surface area (Å²) in [5.74, 6) is -1.33. The standard InChI is InChI=1S/C19H18N2O7S/c22-18(14-8-10-15(11-9-14)21(24)25)13-28-19(23)17-7-4-12-20(17)29(26,27)16-5-2-1-3-6-16/h1-3,5-6,8-11,17H,4,7,12-13H2. The van der Waals surface area contributed by atoms with Gasteiger partial charge in [-0.05, 0) is 37.1 Å². The van der Waals surface area contributed by atoms with E-state index in [2.05, 4.69) is 0 Å². The summed E-state index contributed by atoms with van der Waals surface area (Å²) in [7, 11) is -3.85. The van der Waals surface area contributed by atoms with E-state index in [9.17, 15) is 28.1 Å². The van der Waals surface area contributed by atoms with E-state index in [0.29, 0.717) is 12.8 Å². The Morgan fingerprint density at radius 2 is 1.76 bits per heavy atom. The van der Waals surface area contributed by atoms with E-state index in [-0.39, 0.29) is 22.7 Å². The van der Waals surface area contributed by atoms with Crippen molar-refractivity contribution in [3.05, 3.63) is 70.3 Å². The summed E-state index contributed by atoms with van der Waals surface area (Å²) in [6, 6.07) is 11.7. The van der Waals surface area contributed by atoms with Crippen LogP contribution in [-0.4, -0.2) is 48.6 Å². The Morgan fingerprint density at radius 1 is 1.10 bits per heavy atom. The highest BCUT2D eigenvalue weighted by Crippen LogP contribution is 2.26. The molecule has 1 fully saturated rings. The number of non-ortho nitro benzene ring substituents is 1. The lowest BCUT2D eigenvalue weighted by molar-refractivity contribution is -0.384. The van der Waals surface area contributed by atoms with Gasteiger partial charge in [-0.1, -0.05) is 18.2 Å². The van der Waals surface area contributed by atoms with E-state index in [4.69, 9.17) is 4.74 Å². The summed E-state index contributed by atoms with van der Waals surface area (Å²) in [4.78, 5) is 34.8. The number of ether oxygens (including phenoxy) is 1. The number of benzene rings is 2. The van der Waals surface area contributed by atoms with E-state index >= 15 is 0 Å². The number of carbonyl (C=O) groups excluding carboxylic acids is 2. The third-order valence-corrected chi connectivity index (χ3v) is 6.49. The molecule has 1 heterocycles. The second-order valence-electron chi connectivity index (χ2n) is 6.42. The number of Topliss-reactive ketones (excluding diaryl/α,β-unsaturated/α-hetero) is 1. The molecule has 0 spiro atoms. The molecular weight excluding hydrogens is 400 g/mol. The molecule has 1 aliphatic rings. The number of hydrogen-bond donors (Lipinski definition) is 0. The number of esters is 1. The zero-order valence-corrected chi connectivity index (χ0v) is 16.1. The van der Waals surface area contributed by atoms with Crippen molar-refractivity contribution in [1.82, 2.24) is 4.31 Å². The predicted octanol–water partition coefficient (Wildman–Crippen LogP) is 2.17. The predicted molar refractivity (Wildman–Crippen MR) is 102 cm³/mol. The van der Waals surface area contributed by atoms with Gasteiger partial charge in [0.25, 0.3) is 5.69 Å². The second kappa shape index (κ2) is 8.50. The Morgan fingerprint density at radius 3 is 2.38 bits per heavy atom. The second-order valence-corrected chi connectivity index (χ2v) is 8.31. The number of nitrogens with zero attached hydrogens (tertiary/aromatic N) is 2. The van der Waals surface area contributed by atoms with Gasteiger partial charge in [-0.25, -0.2) is 8.42 Å². The maximum atomic E-state index is 12.8. The summed E-state index contributed by atoms with van der Waals surface area (Å²) in [5, 5.41) is 10.7. The number of ketones is 1. The largest absolute Gasteiger partial charge is 0.456 e. The first-order chi connectivity index (χ1) is 13.8. The Bertz CT molecular complexity index is 1020. The van der Waals surface area contributed by atoms with Gasteiger partial charge in [-0.3, -0.25) is 19.7 Å². The molecule has 1 aliphatic heterocycles. The fourth-order valence-electron chi connectivity index (χ4n) is 3.08. The minimum atomic E-state index is -3.85. The van der Waals surface area contributed by atoms with Crippen LogP contribution >= 0.6 is 0 Å². The number of carbonyl (C=O) groups is 2. The highest BCUT2D eigenvalue weighted by atomic mass is 32.2. The molecule has 0 radical (unpaired) electrons. The van der Waals surface area contributed by atoms with Crippen LogP contribution in [0.4, 0.5) is 5.69 Å². The van der Waals surface area contributed by atoms with E-state index in [1.807, 2.05) is 0 Å². The number of nitro groups is 1. The zero-order valence-electron chi connectivity index (χ0n) is 15.3. The van der Waals surface area contributed by atoms with E-state index in [0.717, 1.165) is 4.31 Å². The number of rotatable bonds is 7. The highest BCUT2D eigenvalue weighted by Gasteiger charge is 2.40. The highest BCUT2D eigenvalue weighted by molar-refractivity contribution is 7.89. The summed E-state index contributed by atoms with van der Waals surface area (Å²) >= 11 is 0. The molecule has 10 heteroatoms. The first-order valence-corrected chi connectivity index (χ1v) is 10.3. The Kier molecular flexibility index (Phi) is 6.04. The maximum Gasteiger partial charge on any atom is 0.324 e. The molecule has 0 amide bonds. The lowest BCUT2D eigenvalue weighted by Gasteiger charge is -2.22. The van der Waals surface area contributed by atoms with Gasteiger partial charge in [0.05, 0.1) is 9.82 Å². The summed E-state index contributed by atoms with van der Waals surface area (Å²) in [6.45, 7) is -0.389. The number of nitro benzene ring substituents is 1. The Hall–Kier alpha value is -3.11. The quantitative estimate of drug-likeness (QED) is 0.292. The van der Waals surface area contributed by atoms with Crippen molar-refractivity contribution in [3.63, 3.8) is 0 Å². The molecule has 3 rings (SSSR count). The minimum absolute atomic E-state index is 0.0849. The van der Waals surface area contributed by atoms with Crippen LogP contribution in [-0.2, 0) is 19.6 Å². The van der Waals surface area contributed by atoms with Gasteiger partial charge in [0.2, 0.25) is 10.0 Å². The third-order valence-electron chi connectivity index (χ3n) is 4.57. The molecule has 152 valence electrons. The molecule has 0 aliphatic carbocycles. The molecule has 9 nitrogen and oxygen atoms in total.